The van der Waals surface area contributed by atoms with E-state index in [1.54, 1.807) is 0 Å². The summed E-state index contributed by atoms with van der Waals surface area (Å²) in [5.74, 6) is 0.106. The summed E-state index contributed by atoms with van der Waals surface area (Å²) in [7, 11) is 0. The van der Waals surface area contributed by atoms with Gasteiger partial charge in [-0.25, -0.2) is 4.98 Å². The van der Waals surface area contributed by atoms with Crippen molar-refractivity contribution >= 4 is 17.3 Å². The third-order valence-electron chi connectivity index (χ3n) is 1.32. The highest BCUT2D eigenvalue weighted by atomic mass is 16.1. The van der Waals surface area contributed by atoms with Gasteiger partial charge >= 0.3 is 0 Å². The van der Waals surface area contributed by atoms with Gasteiger partial charge in [0.1, 0.15) is 5.82 Å². The molecular formula is C7H9N3O. The topological polar surface area (TPSA) is 82.0 Å². The zero-order valence-corrected chi connectivity index (χ0v) is 6.16. The minimum absolute atomic E-state index is 0.123. The lowest BCUT2D eigenvalue weighted by atomic mass is 10.2. The van der Waals surface area contributed by atoms with Crippen LogP contribution in [0.25, 0.3) is 0 Å². The second kappa shape index (κ2) is 2.57. The van der Waals surface area contributed by atoms with Gasteiger partial charge < -0.3 is 11.5 Å². The minimum Gasteiger partial charge on any atom is -0.397 e. The Labute approximate surface area is 64.2 Å². The number of ketones is 1. The maximum Gasteiger partial charge on any atom is 0.163 e. The Morgan fingerprint density at radius 3 is 2.64 bits per heavy atom. The van der Waals surface area contributed by atoms with Gasteiger partial charge in [-0.2, -0.15) is 0 Å². The van der Waals surface area contributed by atoms with E-state index in [0.717, 1.165) is 0 Å². The molecule has 1 aromatic rings. The average Bonchev–Trinajstić information content (AvgIpc) is 1.94. The normalized spacial score (nSPS) is 9.55. The zero-order chi connectivity index (χ0) is 8.43. The fourth-order valence-corrected chi connectivity index (χ4v) is 0.773. The molecule has 0 fully saturated rings. The number of Topliss-reactive ketones (excluding diaryl/α,β-unsaturated/α-hetero) is 1. The van der Waals surface area contributed by atoms with Crippen molar-refractivity contribution < 1.29 is 4.79 Å². The second-order valence-electron chi connectivity index (χ2n) is 2.26. The number of anilines is 2. The van der Waals surface area contributed by atoms with Gasteiger partial charge in [0.15, 0.2) is 5.78 Å². The van der Waals surface area contributed by atoms with Gasteiger partial charge in [-0.1, -0.05) is 0 Å². The molecule has 1 rings (SSSR count). The molecule has 0 aliphatic rings. The molecule has 0 unspecified atom stereocenters. The molecule has 11 heavy (non-hydrogen) atoms. The predicted molar refractivity (Wildman–Crippen MR) is 43.1 cm³/mol. The van der Waals surface area contributed by atoms with Gasteiger partial charge in [0.2, 0.25) is 0 Å². The van der Waals surface area contributed by atoms with E-state index in [1.807, 2.05) is 0 Å². The number of carbonyl (C=O) groups excluding carboxylic acids is 1. The molecule has 0 aliphatic carbocycles. The maximum atomic E-state index is 10.8. The number of rotatable bonds is 1. The predicted octanol–water partition coefficient (Wildman–Crippen LogP) is 0.449. The van der Waals surface area contributed by atoms with E-state index in [-0.39, 0.29) is 11.6 Å². The summed E-state index contributed by atoms with van der Waals surface area (Å²) in [5, 5.41) is 0. The number of hydrogen-bond donors (Lipinski definition) is 2. The molecule has 58 valence electrons. The Kier molecular flexibility index (Phi) is 1.76. The highest BCUT2D eigenvalue weighted by molar-refractivity contribution is 5.98. The number of nitrogens with zero attached hydrogens (tertiary/aromatic N) is 1. The van der Waals surface area contributed by atoms with Crippen molar-refractivity contribution in [2.75, 3.05) is 11.5 Å². The van der Waals surface area contributed by atoms with Gasteiger partial charge in [0.25, 0.3) is 0 Å². The first kappa shape index (κ1) is 7.53. The van der Waals surface area contributed by atoms with Crippen LogP contribution >= 0.6 is 0 Å². The van der Waals surface area contributed by atoms with E-state index in [2.05, 4.69) is 4.98 Å². The first-order valence-electron chi connectivity index (χ1n) is 3.13. The van der Waals surface area contributed by atoms with Gasteiger partial charge in [0, 0.05) is 0 Å². The van der Waals surface area contributed by atoms with Crippen LogP contribution in [0.2, 0.25) is 0 Å². The Hall–Kier alpha value is -1.58. The molecule has 4 heteroatoms. The van der Waals surface area contributed by atoms with E-state index in [4.69, 9.17) is 11.5 Å². The fraction of sp³-hybridized carbons (Fsp3) is 0.143. The molecule has 4 nitrogen and oxygen atoms in total. The molecule has 0 saturated heterocycles. The third kappa shape index (κ3) is 1.46. The number of hydrogen-bond acceptors (Lipinski definition) is 4. The number of nitrogen functional groups attached to an aromatic ring is 2. The molecule has 0 aromatic carbocycles. The Morgan fingerprint density at radius 1 is 1.55 bits per heavy atom. The summed E-state index contributed by atoms with van der Waals surface area (Å²) in [6.07, 6.45) is 1.42. The van der Waals surface area contributed by atoms with Crippen LogP contribution in [0.5, 0.6) is 0 Å². The minimum atomic E-state index is -0.123. The molecule has 4 N–H and O–H groups in total. The van der Waals surface area contributed by atoms with Crippen molar-refractivity contribution in [1.29, 1.82) is 0 Å². The molecule has 0 bridgehead atoms. The number of aromatic nitrogens is 1. The molecule has 0 radical (unpaired) electrons. The molecule has 0 saturated carbocycles. The Morgan fingerprint density at radius 2 is 2.18 bits per heavy atom. The van der Waals surface area contributed by atoms with Crippen LogP contribution < -0.4 is 11.5 Å². The second-order valence-corrected chi connectivity index (χ2v) is 2.26. The summed E-state index contributed by atoms with van der Waals surface area (Å²) in [4.78, 5) is 14.6. The largest absolute Gasteiger partial charge is 0.397 e. The van der Waals surface area contributed by atoms with E-state index in [1.165, 1.54) is 19.2 Å². The first-order chi connectivity index (χ1) is 5.11. The van der Waals surface area contributed by atoms with E-state index >= 15 is 0 Å². The monoisotopic (exact) mass is 151 g/mol. The Balaban J connectivity index is 3.23. The van der Waals surface area contributed by atoms with Crippen LogP contribution in [-0.2, 0) is 0 Å². The molecule has 1 heterocycles. The standard InChI is InChI=1S/C7H9N3O/c1-4(11)6-2-5(8)3-10-7(6)9/h2-3H,8H2,1H3,(H2,9,10). The maximum absolute atomic E-state index is 10.8. The average molecular weight is 151 g/mol. The third-order valence-corrected chi connectivity index (χ3v) is 1.32. The number of nitrogens with two attached hydrogens (primary N) is 2. The summed E-state index contributed by atoms with van der Waals surface area (Å²) in [6.45, 7) is 1.42. The van der Waals surface area contributed by atoms with Crippen LogP contribution in [0.4, 0.5) is 11.5 Å². The lowest BCUT2D eigenvalue weighted by Gasteiger charge is -2.00. The SMILES string of the molecule is CC(=O)c1cc(N)cnc1N. The summed E-state index contributed by atoms with van der Waals surface area (Å²) in [6, 6.07) is 1.52. The number of pyridine rings is 1. The molecular weight excluding hydrogens is 142 g/mol. The van der Waals surface area contributed by atoms with Crippen molar-refractivity contribution in [2.45, 2.75) is 6.92 Å². The van der Waals surface area contributed by atoms with Crippen LogP contribution in [0.1, 0.15) is 17.3 Å². The molecule has 0 atom stereocenters. The first-order valence-corrected chi connectivity index (χ1v) is 3.13. The van der Waals surface area contributed by atoms with Crippen LogP contribution in [0, 0.1) is 0 Å². The van der Waals surface area contributed by atoms with Crippen LogP contribution in [0.3, 0.4) is 0 Å². The summed E-state index contributed by atoms with van der Waals surface area (Å²) >= 11 is 0. The number of carbonyl (C=O) groups is 1. The van der Waals surface area contributed by atoms with Crippen molar-refractivity contribution in [1.82, 2.24) is 4.98 Å². The van der Waals surface area contributed by atoms with Crippen molar-refractivity contribution in [2.24, 2.45) is 0 Å². The van der Waals surface area contributed by atoms with Gasteiger partial charge in [0.05, 0.1) is 17.4 Å². The van der Waals surface area contributed by atoms with E-state index in [9.17, 15) is 4.79 Å². The lowest BCUT2D eigenvalue weighted by Crippen LogP contribution is -2.03. The van der Waals surface area contributed by atoms with Crippen molar-refractivity contribution in [3.63, 3.8) is 0 Å². The van der Waals surface area contributed by atoms with Gasteiger partial charge in [-0.05, 0) is 13.0 Å². The van der Waals surface area contributed by atoms with Gasteiger partial charge in [-0.3, -0.25) is 4.79 Å². The van der Waals surface area contributed by atoms with Crippen molar-refractivity contribution in [3.05, 3.63) is 17.8 Å². The molecule has 0 amide bonds. The smallest absolute Gasteiger partial charge is 0.163 e. The molecule has 0 spiro atoms. The highest BCUT2D eigenvalue weighted by Gasteiger charge is 2.04. The fourth-order valence-electron chi connectivity index (χ4n) is 0.773. The van der Waals surface area contributed by atoms with Gasteiger partial charge in [-0.15, -0.1) is 0 Å². The summed E-state index contributed by atoms with van der Waals surface area (Å²) in [5.41, 5.74) is 11.6. The van der Waals surface area contributed by atoms with Crippen LogP contribution in [-0.4, -0.2) is 10.8 Å². The quantitative estimate of drug-likeness (QED) is 0.571. The highest BCUT2D eigenvalue weighted by Crippen LogP contribution is 2.11. The molecule has 1 aromatic heterocycles. The molecule has 0 aliphatic heterocycles. The Bertz CT molecular complexity index is 296. The zero-order valence-electron chi connectivity index (χ0n) is 6.16. The van der Waals surface area contributed by atoms with E-state index < -0.39 is 0 Å². The lowest BCUT2D eigenvalue weighted by molar-refractivity contribution is 0.101. The summed E-state index contributed by atoms with van der Waals surface area (Å²) < 4.78 is 0. The van der Waals surface area contributed by atoms with E-state index in [0.29, 0.717) is 11.3 Å². The van der Waals surface area contributed by atoms with Crippen molar-refractivity contribution in [3.8, 4) is 0 Å². The van der Waals surface area contributed by atoms with Crippen LogP contribution in [0.15, 0.2) is 12.3 Å².